The molecule has 6 heteroatoms. The van der Waals surface area contributed by atoms with Gasteiger partial charge in [-0.05, 0) is 40.2 Å². The summed E-state index contributed by atoms with van der Waals surface area (Å²) in [6, 6.07) is 6.43. The van der Waals surface area contributed by atoms with Crippen molar-refractivity contribution in [2.45, 2.75) is 6.54 Å². The number of anilines is 1. The van der Waals surface area contributed by atoms with Gasteiger partial charge in [0.25, 0.3) is 0 Å². The van der Waals surface area contributed by atoms with Crippen LogP contribution in [0.3, 0.4) is 0 Å². The molecule has 2 aromatic rings. The first kappa shape index (κ1) is 13.5. The van der Waals surface area contributed by atoms with E-state index in [1.807, 2.05) is 0 Å². The molecule has 0 saturated carbocycles. The fourth-order valence-electron chi connectivity index (χ4n) is 1.61. The number of rotatable bonds is 5. The fourth-order valence-corrected chi connectivity index (χ4v) is 1.95. The minimum Gasteiger partial charge on any atom is -0.495 e. The molecule has 5 nitrogen and oxygen atoms in total. The molecule has 2 rings (SSSR count). The van der Waals surface area contributed by atoms with Crippen molar-refractivity contribution < 1.29 is 19.1 Å². The number of methoxy groups -OCH3 is 1. The molecule has 0 spiro atoms. The maximum atomic E-state index is 10.9. The van der Waals surface area contributed by atoms with Gasteiger partial charge in [-0.25, -0.2) is 4.79 Å². The molecule has 0 fully saturated rings. The zero-order valence-electron chi connectivity index (χ0n) is 10.1. The Bertz CT molecular complexity index is 594. The summed E-state index contributed by atoms with van der Waals surface area (Å²) in [5.74, 6) is 0.320. The van der Waals surface area contributed by atoms with Crippen LogP contribution in [-0.2, 0) is 6.54 Å². The van der Waals surface area contributed by atoms with Gasteiger partial charge >= 0.3 is 5.97 Å². The largest absolute Gasteiger partial charge is 0.495 e. The summed E-state index contributed by atoms with van der Waals surface area (Å²) in [7, 11) is 1.53. The minimum absolute atomic E-state index is 0.196. The number of nitrogens with one attached hydrogen (secondary N) is 1. The Labute approximate surface area is 118 Å². The third-order valence-electron chi connectivity index (χ3n) is 2.58. The number of furan rings is 1. The zero-order valence-corrected chi connectivity index (χ0v) is 11.7. The lowest BCUT2D eigenvalue weighted by Crippen LogP contribution is -2.04. The minimum atomic E-state index is -0.982. The van der Waals surface area contributed by atoms with Crippen molar-refractivity contribution in [2.75, 3.05) is 12.4 Å². The summed E-state index contributed by atoms with van der Waals surface area (Å²) in [6.07, 6.45) is 1.58. The Morgan fingerprint density at radius 1 is 1.47 bits per heavy atom. The average Bonchev–Trinajstić information content (AvgIpc) is 2.81. The lowest BCUT2D eigenvalue weighted by molar-refractivity contribution is 0.0697. The van der Waals surface area contributed by atoms with Gasteiger partial charge in [0.1, 0.15) is 11.5 Å². The molecule has 0 bridgehead atoms. The van der Waals surface area contributed by atoms with Crippen LogP contribution >= 0.6 is 15.9 Å². The summed E-state index contributed by atoms with van der Waals surface area (Å²) in [5, 5.41) is 12.1. The SMILES string of the molecule is COc1ccc(C(=O)O)cc1NCc1occc1Br. The van der Waals surface area contributed by atoms with Crippen molar-refractivity contribution in [1.29, 1.82) is 0 Å². The van der Waals surface area contributed by atoms with Crippen LogP contribution in [0.25, 0.3) is 0 Å². The normalized spacial score (nSPS) is 10.2. The molecular weight excluding hydrogens is 314 g/mol. The number of ether oxygens (including phenoxy) is 1. The van der Waals surface area contributed by atoms with Gasteiger partial charge < -0.3 is 19.6 Å². The highest BCUT2D eigenvalue weighted by Gasteiger charge is 2.10. The molecule has 0 amide bonds. The van der Waals surface area contributed by atoms with Crippen LogP contribution in [0.1, 0.15) is 16.1 Å². The number of hydrogen-bond acceptors (Lipinski definition) is 4. The molecule has 1 heterocycles. The quantitative estimate of drug-likeness (QED) is 0.881. The lowest BCUT2D eigenvalue weighted by Gasteiger charge is -2.11. The van der Waals surface area contributed by atoms with E-state index in [2.05, 4.69) is 21.2 Å². The van der Waals surface area contributed by atoms with Gasteiger partial charge in [0.15, 0.2) is 0 Å². The Morgan fingerprint density at radius 2 is 2.26 bits per heavy atom. The van der Waals surface area contributed by atoms with E-state index in [1.54, 1.807) is 18.4 Å². The van der Waals surface area contributed by atoms with E-state index < -0.39 is 5.97 Å². The molecular formula is C13H12BrNO4. The average molecular weight is 326 g/mol. The Hall–Kier alpha value is -1.95. The molecule has 2 N–H and O–H groups in total. The highest BCUT2D eigenvalue weighted by molar-refractivity contribution is 9.10. The molecule has 100 valence electrons. The summed E-state index contributed by atoms with van der Waals surface area (Å²) in [6.45, 7) is 0.424. The third-order valence-corrected chi connectivity index (χ3v) is 3.28. The van der Waals surface area contributed by atoms with E-state index in [1.165, 1.54) is 19.2 Å². The van der Waals surface area contributed by atoms with Crippen LogP contribution in [0, 0.1) is 0 Å². The molecule has 0 radical (unpaired) electrons. The molecule has 1 aromatic carbocycles. The first-order valence-electron chi connectivity index (χ1n) is 5.49. The van der Waals surface area contributed by atoms with Crippen LogP contribution in [0.2, 0.25) is 0 Å². The second-order valence-electron chi connectivity index (χ2n) is 3.77. The van der Waals surface area contributed by atoms with E-state index in [4.69, 9.17) is 14.3 Å². The van der Waals surface area contributed by atoms with Gasteiger partial charge in [-0.2, -0.15) is 0 Å². The number of carbonyl (C=O) groups is 1. The topological polar surface area (TPSA) is 71.7 Å². The van der Waals surface area contributed by atoms with Gasteiger partial charge in [0.05, 0.1) is 35.6 Å². The molecule has 0 unspecified atom stereocenters. The van der Waals surface area contributed by atoms with Crippen molar-refractivity contribution in [3.63, 3.8) is 0 Å². The van der Waals surface area contributed by atoms with E-state index in [0.29, 0.717) is 18.0 Å². The maximum Gasteiger partial charge on any atom is 0.335 e. The summed E-state index contributed by atoms with van der Waals surface area (Å²) in [4.78, 5) is 10.9. The molecule has 0 aliphatic carbocycles. The van der Waals surface area contributed by atoms with Crippen LogP contribution < -0.4 is 10.1 Å². The van der Waals surface area contributed by atoms with Gasteiger partial charge in [0.2, 0.25) is 0 Å². The highest BCUT2D eigenvalue weighted by atomic mass is 79.9. The van der Waals surface area contributed by atoms with Gasteiger partial charge in [-0.15, -0.1) is 0 Å². The number of carboxylic acid groups (broad SMARTS) is 1. The van der Waals surface area contributed by atoms with Crippen LogP contribution in [0.15, 0.2) is 39.4 Å². The van der Waals surface area contributed by atoms with E-state index >= 15 is 0 Å². The summed E-state index contributed by atoms with van der Waals surface area (Å²) in [5.41, 5.74) is 0.799. The monoisotopic (exact) mass is 325 g/mol. The van der Waals surface area contributed by atoms with Crippen molar-refractivity contribution in [3.8, 4) is 5.75 Å². The number of hydrogen-bond donors (Lipinski definition) is 2. The summed E-state index contributed by atoms with van der Waals surface area (Å²) >= 11 is 3.35. The highest BCUT2D eigenvalue weighted by Crippen LogP contribution is 2.27. The number of halogens is 1. The predicted molar refractivity (Wildman–Crippen MR) is 73.7 cm³/mol. The van der Waals surface area contributed by atoms with E-state index in [9.17, 15) is 4.79 Å². The Balaban J connectivity index is 2.20. The third kappa shape index (κ3) is 3.08. The lowest BCUT2D eigenvalue weighted by atomic mass is 10.2. The molecule has 0 aliphatic rings. The first-order chi connectivity index (χ1) is 9.11. The number of aromatic carboxylic acids is 1. The van der Waals surface area contributed by atoms with Crippen molar-refractivity contribution in [3.05, 3.63) is 46.3 Å². The smallest absolute Gasteiger partial charge is 0.335 e. The predicted octanol–water partition coefficient (Wildman–Crippen LogP) is 3.36. The summed E-state index contributed by atoms with van der Waals surface area (Å²) < 4.78 is 11.3. The van der Waals surface area contributed by atoms with Crippen LogP contribution in [0.4, 0.5) is 5.69 Å². The Morgan fingerprint density at radius 3 is 2.84 bits per heavy atom. The van der Waals surface area contributed by atoms with Gasteiger partial charge in [0, 0.05) is 0 Å². The molecule has 1 aromatic heterocycles. The maximum absolute atomic E-state index is 10.9. The van der Waals surface area contributed by atoms with Crippen LogP contribution in [0.5, 0.6) is 5.75 Å². The first-order valence-corrected chi connectivity index (χ1v) is 6.28. The molecule has 19 heavy (non-hydrogen) atoms. The van der Waals surface area contributed by atoms with E-state index in [0.717, 1.165) is 10.2 Å². The van der Waals surface area contributed by atoms with Crippen LogP contribution in [-0.4, -0.2) is 18.2 Å². The molecule has 0 saturated heterocycles. The second kappa shape index (κ2) is 5.79. The van der Waals surface area contributed by atoms with Crippen molar-refractivity contribution in [1.82, 2.24) is 0 Å². The van der Waals surface area contributed by atoms with Gasteiger partial charge in [-0.1, -0.05) is 0 Å². The Kier molecular flexibility index (Phi) is 4.11. The molecule has 0 aliphatic heterocycles. The second-order valence-corrected chi connectivity index (χ2v) is 4.62. The molecule has 0 atom stereocenters. The van der Waals surface area contributed by atoms with E-state index in [-0.39, 0.29) is 5.56 Å². The number of benzene rings is 1. The fraction of sp³-hybridized carbons (Fsp3) is 0.154. The standard InChI is InChI=1S/C13H12BrNO4/c1-18-11-3-2-8(13(16)17)6-10(11)15-7-12-9(14)4-5-19-12/h2-6,15H,7H2,1H3,(H,16,17). The van der Waals surface area contributed by atoms with Crippen molar-refractivity contribution >= 4 is 27.6 Å². The van der Waals surface area contributed by atoms with Crippen molar-refractivity contribution in [2.24, 2.45) is 0 Å². The number of carboxylic acids is 1. The zero-order chi connectivity index (χ0) is 13.8. The van der Waals surface area contributed by atoms with Gasteiger partial charge in [-0.3, -0.25) is 0 Å².